The summed E-state index contributed by atoms with van der Waals surface area (Å²) < 4.78 is 0. The Hall–Kier alpha value is -1.35. The molecule has 1 heterocycles. The summed E-state index contributed by atoms with van der Waals surface area (Å²) in [4.78, 5) is 14.4. The van der Waals surface area contributed by atoms with Crippen molar-refractivity contribution < 1.29 is 4.79 Å². The topological polar surface area (TPSA) is 46.3 Å². The van der Waals surface area contributed by atoms with E-state index in [1.54, 1.807) is 0 Å². The van der Waals surface area contributed by atoms with Crippen LogP contribution in [0.3, 0.4) is 0 Å². The highest BCUT2D eigenvalue weighted by Crippen LogP contribution is 2.31. The molecule has 0 saturated heterocycles. The third-order valence-electron chi connectivity index (χ3n) is 3.97. The summed E-state index contributed by atoms with van der Waals surface area (Å²) in [6.07, 6.45) is 3.63. The van der Waals surface area contributed by atoms with Crippen LogP contribution >= 0.6 is 0 Å². The number of para-hydroxylation sites is 1. The fourth-order valence-corrected chi connectivity index (χ4v) is 2.72. The van der Waals surface area contributed by atoms with Gasteiger partial charge in [0.25, 0.3) is 0 Å². The molecule has 0 fully saturated rings. The monoisotopic (exact) mass is 260 g/mol. The molecule has 19 heavy (non-hydrogen) atoms. The van der Waals surface area contributed by atoms with Crippen LogP contribution in [-0.2, 0) is 11.2 Å². The lowest BCUT2D eigenvalue weighted by Crippen LogP contribution is -2.36. The van der Waals surface area contributed by atoms with E-state index in [0.717, 1.165) is 31.5 Å². The number of nitrogens with zero attached hydrogens (tertiary/aromatic N) is 1. The van der Waals surface area contributed by atoms with E-state index in [2.05, 4.69) is 32.0 Å². The van der Waals surface area contributed by atoms with Gasteiger partial charge in [-0.1, -0.05) is 25.1 Å². The largest absolute Gasteiger partial charge is 0.330 e. The van der Waals surface area contributed by atoms with E-state index in [1.807, 2.05) is 4.90 Å². The number of fused-ring (bicyclic) bond motifs is 1. The van der Waals surface area contributed by atoms with Crippen molar-refractivity contribution in [3.8, 4) is 0 Å². The molecular weight excluding hydrogens is 236 g/mol. The third kappa shape index (κ3) is 3.16. The lowest BCUT2D eigenvalue weighted by Gasteiger charge is -2.31. The van der Waals surface area contributed by atoms with Gasteiger partial charge in [0, 0.05) is 18.7 Å². The summed E-state index contributed by atoms with van der Waals surface area (Å²) in [6, 6.07) is 6.32. The lowest BCUT2D eigenvalue weighted by molar-refractivity contribution is -0.119. The van der Waals surface area contributed by atoms with Gasteiger partial charge in [0.2, 0.25) is 5.91 Å². The van der Waals surface area contributed by atoms with E-state index in [1.165, 1.54) is 11.1 Å². The first-order valence-corrected chi connectivity index (χ1v) is 7.22. The van der Waals surface area contributed by atoms with E-state index in [4.69, 9.17) is 5.73 Å². The number of hydrogen-bond acceptors (Lipinski definition) is 2. The summed E-state index contributed by atoms with van der Waals surface area (Å²) in [6.45, 7) is 5.70. The molecule has 1 aliphatic rings. The standard InChI is InChI=1S/C16H24N2O/c1-12(11-17)8-9-15(19)18-10-4-7-14-6-3-5-13(2)16(14)18/h3,5-6,12H,4,7-11,17H2,1-2H3. The van der Waals surface area contributed by atoms with Crippen LogP contribution in [0, 0.1) is 12.8 Å². The molecule has 2 rings (SSSR count). The quantitative estimate of drug-likeness (QED) is 0.904. The molecule has 1 aliphatic heterocycles. The highest BCUT2D eigenvalue weighted by molar-refractivity contribution is 5.95. The number of amides is 1. The van der Waals surface area contributed by atoms with Gasteiger partial charge in [0.15, 0.2) is 0 Å². The zero-order chi connectivity index (χ0) is 13.8. The van der Waals surface area contributed by atoms with Crippen molar-refractivity contribution in [2.24, 2.45) is 11.7 Å². The van der Waals surface area contributed by atoms with Crippen LogP contribution in [0.5, 0.6) is 0 Å². The Labute approximate surface area is 115 Å². The smallest absolute Gasteiger partial charge is 0.227 e. The Morgan fingerprint density at radius 2 is 2.26 bits per heavy atom. The Morgan fingerprint density at radius 3 is 3.00 bits per heavy atom. The first-order chi connectivity index (χ1) is 9.13. The molecule has 3 heteroatoms. The first-order valence-electron chi connectivity index (χ1n) is 7.22. The Bertz CT molecular complexity index is 456. The van der Waals surface area contributed by atoms with E-state index in [-0.39, 0.29) is 5.91 Å². The molecule has 1 aromatic carbocycles. The molecule has 0 spiro atoms. The van der Waals surface area contributed by atoms with Crippen molar-refractivity contribution in [2.45, 2.75) is 39.5 Å². The van der Waals surface area contributed by atoms with Crippen molar-refractivity contribution in [2.75, 3.05) is 18.0 Å². The number of carbonyl (C=O) groups is 1. The van der Waals surface area contributed by atoms with Gasteiger partial charge in [-0.05, 0) is 49.8 Å². The summed E-state index contributed by atoms with van der Waals surface area (Å²) in [5.74, 6) is 0.667. The van der Waals surface area contributed by atoms with Gasteiger partial charge < -0.3 is 10.6 Å². The van der Waals surface area contributed by atoms with Crippen LogP contribution in [-0.4, -0.2) is 19.0 Å². The number of anilines is 1. The molecule has 1 amide bonds. The van der Waals surface area contributed by atoms with Gasteiger partial charge in [-0.15, -0.1) is 0 Å². The van der Waals surface area contributed by atoms with Gasteiger partial charge in [-0.3, -0.25) is 4.79 Å². The molecular formula is C16H24N2O. The molecule has 3 nitrogen and oxygen atoms in total. The van der Waals surface area contributed by atoms with Crippen molar-refractivity contribution in [3.05, 3.63) is 29.3 Å². The summed E-state index contributed by atoms with van der Waals surface area (Å²) in [5.41, 5.74) is 9.28. The average Bonchev–Trinajstić information content (AvgIpc) is 2.44. The van der Waals surface area contributed by atoms with E-state index in [9.17, 15) is 4.79 Å². The van der Waals surface area contributed by atoms with Gasteiger partial charge in [0.1, 0.15) is 0 Å². The maximum absolute atomic E-state index is 12.4. The minimum atomic E-state index is 0.246. The highest BCUT2D eigenvalue weighted by atomic mass is 16.2. The molecule has 0 aromatic heterocycles. The molecule has 0 aliphatic carbocycles. The molecule has 104 valence electrons. The van der Waals surface area contributed by atoms with Crippen LogP contribution in [0.4, 0.5) is 5.69 Å². The molecule has 0 radical (unpaired) electrons. The number of carbonyl (C=O) groups excluding carboxylic acids is 1. The van der Waals surface area contributed by atoms with Crippen LogP contribution in [0.1, 0.15) is 37.3 Å². The van der Waals surface area contributed by atoms with Crippen molar-refractivity contribution in [1.82, 2.24) is 0 Å². The molecule has 0 saturated carbocycles. The van der Waals surface area contributed by atoms with Crippen molar-refractivity contribution in [3.63, 3.8) is 0 Å². The minimum Gasteiger partial charge on any atom is -0.330 e. The van der Waals surface area contributed by atoms with E-state index < -0.39 is 0 Å². The normalized spacial score (nSPS) is 16.1. The number of nitrogens with two attached hydrogens (primary N) is 1. The van der Waals surface area contributed by atoms with Crippen LogP contribution in [0.25, 0.3) is 0 Å². The Balaban J connectivity index is 2.12. The number of hydrogen-bond donors (Lipinski definition) is 1. The van der Waals surface area contributed by atoms with E-state index >= 15 is 0 Å². The van der Waals surface area contributed by atoms with Crippen molar-refractivity contribution in [1.29, 1.82) is 0 Å². The predicted octanol–water partition coefficient (Wildman–Crippen LogP) is 2.65. The Kier molecular flexibility index (Phi) is 4.59. The summed E-state index contributed by atoms with van der Waals surface area (Å²) >= 11 is 0. The Morgan fingerprint density at radius 1 is 1.47 bits per heavy atom. The first kappa shape index (κ1) is 14.1. The third-order valence-corrected chi connectivity index (χ3v) is 3.97. The summed E-state index contributed by atoms with van der Waals surface area (Å²) in [7, 11) is 0. The van der Waals surface area contributed by atoms with Gasteiger partial charge >= 0.3 is 0 Å². The SMILES string of the molecule is Cc1cccc2c1N(C(=O)CCC(C)CN)CCC2. The van der Waals surface area contributed by atoms with Crippen LogP contribution < -0.4 is 10.6 Å². The van der Waals surface area contributed by atoms with Gasteiger partial charge in [-0.2, -0.15) is 0 Å². The average molecular weight is 260 g/mol. The second-order valence-electron chi connectivity index (χ2n) is 5.61. The number of rotatable bonds is 4. The zero-order valence-corrected chi connectivity index (χ0v) is 12.0. The van der Waals surface area contributed by atoms with Crippen LogP contribution in [0.15, 0.2) is 18.2 Å². The van der Waals surface area contributed by atoms with Gasteiger partial charge in [0.05, 0.1) is 0 Å². The fourth-order valence-electron chi connectivity index (χ4n) is 2.72. The molecule has 1 atom stereocenters. The molecule has 1 unspecified atom stereocenters. The zero-order valence-electron chi connectivity index (χ0n) is 12.0. The molecule has 2 N–H and O–H groups in total. The maximum atomic E-state index is 12.4. The number of benzene rings is 1. The minimum absolute atomic E-state index is 0.246. The van der Waals surface area contributed by atoms with Crippen molar-refractivity contribution >= 4 is 11.6 Å². The fraction of sp³-hybridized carbons (Fsp3) is 0.562. The lowest BCUT2D eigenvalue weighted by atomic mass is 9.97. The highest BCUT2D eigenvalue weighted by Gasteiger charge is 2.23. The second kappa shape index (κ2) is 6.20. The van der Waals surface area contributed by atoms with E-state index in [0.29, 0.717) is 18.9 Å². The van der Waals surface area contributed by atoms with Gasteiger partial charge in [-0.25, -0.2) is 0 Å². The number of aryl methyl sites for hydroxylation is 2. The second-order valence-corrected chi connectivity index (χ2v) is 5.61. The predicted molar refractivity (Wildman–Crippen MR) is 79.3 cm³/mol. The molecule has 0 bridgehead atoms. The molecule has 1 aromatic rings. The maximum Gasteiger partial charge on any atom is 0.227 e. The summed E-state index contributed by atoms with van der Waals surface area (Å²) in [5, 5.41) is 0. The van der Waals surface area contributed by atoms with Crippen LogP contribution in [0.2, 0.25) is 0 Å².